The molecular weight excluding hydrogens is 550 g/mol. The van der Waals surface area contributed by atoms with Gasteiger partial charge in [-0.05, 0) is 54.4 Å². The molecule has 2 aromatic heterocycles. The normalized spacial score (nSPS) is 16.2. The van der Waals surface area contributed by atoms with Crippen LogP contribution in [0.1, 0.15) is 54.0 Å². The van der Waals surface area contributed by atoms with E-state index in [2.05, 4.69) is 31.1 Å². The van der Waals surface area contributed by atoms with E-state index in [1.54, 1.807) is 17.3 Å². The second-order valence-electron chi connectivity index (χ2n) is 11.5. The Labute approximate surface area is 249 Å². The Balaban J connectivity index is 1.48. The van der Waals surface area contributed by atoms with Gasteiger partial charge < -0.3 is 14.8 Å². The molecular formula is C32H33N5O4S. The summed E-state index contributed by atoms with van der Waals surface area (Å²) in [6.07, 6.45) is 3.38. The minimum Gasteiger partial charge on any atom is -0.454 e. The maximum absolute atomic E-state index is 13.9. The highest BCUT2D eigenvalue weighted by atomic mass is 32.2. The number of aryl methyl sites for hydroxylation is 1. The van der Waals surface area contributed by atoms with Gasteiger partial charge >= 0.3 is 0 Å². The van der Waals surface area contributed by atoms with Crippen molar-refractivity contribution in [2.24, 2.45) is 0 Å². The molecule has 2 aliphatic rings. The number of anilines is 1. The fourth-order valence-electron chi connectivity index (χ4n) is 5.18. The fraction of sp³-hybridized carbons (Fsp3) is 0.312. The van der Waals surface area contributed by atoms with Gasteiger partial charge in [0.15, 0.2) is 11.5 Å². The summed E-state index contributed by atoms with van der Waals surface area (Å²) >= 11 is 1.54. The van der Waals surface area contributed by atoms with Crippen LogP contribution in [0.25, 0.3) is 5.69 Å². The Morgan fingerprint density at radius 1 is 1.05 bits per heavy atom. The van der Waals surface area contributed by atoms with Crippen molar-refractivity contribution in [2.45, 2.75) is 44.9 Å². The van der Waals surface area contributed by atoms with Crippen LogP contribution in [-0.2, 0) is 21.5 Å². The number of rotatable bonds is 6. The summed E-state index contributed by atoms with van der Waals surface area (Å²) in [5, 5.41) is 7.89. The van der Waals surface area contributed by atoms with Gasteiger partial charge in [0.05, 0.1) is 22.4 Å². The van der Waals surface area contributed by atoms with Gasteiger partial charge in [-0.2, -0.15) is 5.10 Å². The van der Waals surface area contributed by atoms with Crippen LogP contribution < -0.4 is 19.7 Å². The van der Waals surface area contributed by atoms with E-state index < -0.39 is 0 Å². The van der Waals surface area contributed by atoms with Crippen LogP contribution in [0.3, 0.4) is 0 Å². The lowest BCUT2D eigenvalue weighted by molar-refractivity contribution is -0.123. The molecule has 0 radical (unpaired) electrons. The molecule has 1 unspecified atom stereocenters. The average molecular weight is 584 g/mol. The Morgan fingerprint density at radius 2 is 1.79 bits per heavy atom. The summed E-state index contributed by atoms with van der Waals surface area (Å²) in [4.78, 5) is 32.9. The molecule has 9 nitrogen and oxygen atoms in total. The fourth-order valence-corrected chi connectivity index (χ4v) is 6.37. The number of fused-ring (bicyclic) bond motifs is 2. The van der Waals surface area contributed by atoms with Crippen molar-refractivity contribution < 1.29 is 19.1 Å². The van der Waals surface area contributed by atoms with E-state index in [9.17, 15) is 9.59 Å². The highest BCUT2D eigenvalue weighted by Crippen LogP contribution is 2.49. The van der Waals surface area contributed by atoms with Crippen LogP contribution in [0.4, 0.5) is 5.82 Å². The number of amides is 2. The molecule has 6 rings (SSSR count). The van der Waals surface area contributed by atoms with Crippen molar-refractivity contribution in [1.82, 2.24) is 20.1 Å². The summed E-state index contributed by atoms with van der Waals surface area (Å²) < 4.78 is 13.1. The first-order valence-corrected chi connectivity index (χ1v) is 14.9. The van der Waals surface area contributed by atoms with E-state index in [1.165, 1.54) is 11.8 Å². The van der Waals surface area contributed by atoms with E-state index in [-0.39, 0.29) is 41.6 Å². The molecule has 2 aromatic carbocycles. The molecule has 0 aliphatic carbocycles. The zero-order valence-electron chi connectivity index (χ0n) is 24.1. The number of hydrogen-bond acceptors (Lipinski definition) is 7. The average Bonchev–Trinajstić information content (AvgIpc) is 3.58. The van der Waals surface area contributed by atoms with Crippen LogP contribution >= 0.6 is 11.8 Å². The van der Waals surface area contributed by atoms with E-state index in [1.807, 2.05) is 66.2 Å². The van der Waals surface area contributed by atoms with Crippen LogP contribution in [0, 0.1) is 6.92 Å². The SMILES string of the molecule is Cc1ccc(-n2nc(C(C)(C)C)c3c2N(CC(=O)NCc2ccncc2)C(=O)CSC3c2ccc3c(c2)OCO3)cc1. The van der Waals surface area contributed by atoms with Crippen molar-refractivity contribution in [3.8, 4) is 17.2 Å². The van der Waals surface area contributed by atoms with Crippen LogP contribution in [0.2, 0.25) is 0 Å². The first-order chi connectivity index (χ1) is 20.2. The predicted octanol–water partition coefficient (Wildman–Crippen LogP) is 5.09. The third-order valence-electron chi connectivity index (χ3n) is 7.32. The first kappa shape index (κ1) is 27.8. The number of ether oxygens (including phenoxy) is 2. The minimum atomic E-state index is -0.349. The molecule has 2 aliphatic heterocycles. The number of hydrogen-bond donors (Lipinski definition) is 1. The standard InChI is InChI=1S/C32H33N5O4S/c1-20-5-8-23(9-6-20)37-31-28(30(35-37)32(2,3)4)29(22-7-10-24-25(15-22)41-19-40-24)42-18-27(39)36(31)17-26(38)34-16-21-11-13-33-14-12-21/h5-15,29H,16-19H2,1-4H3,(H,34,38). The van der Waals surface area contributed by atoms with Gasteiger partial charge in [-0.1, -0.05) is 44.5 Å². The quantitative estimate of drug-likeness (QED) is 0.338. The van der Waals surface area contributed by atoms with Crippen LogP contribution in [0.15, 0.2) is 67.0 Å². The first-order valence-electron chi connectivity index (χ1n) is 13.9. The van der Waals surface area contributed by atoms with E-state index in [4.69, 9.17) is 14.6 Å². The zero-order chi connectivity index (χ0) is 29.4. The summed E-state index contributed by atoms with van der Waals surface area (Å²) in [5.41, 5.74) is 5.28. The molecule has 4 heterocycles. The summed E-state index contributed by atoms with van der Waals surface area (Å²) in [6, 6.07) is 17.7. The van der Waals surface area contributed by atoms with Crippen molar-refractivity contribution in [3.05, 3.63) is 94.9 Å². The highest BCUT2D eigenvalue weighted by molar-refractivity contribution is 8.00. The number of nitrogens with one attached hydrogen (secondary N) is 1. The molecule has 2 amide bonds. The lowest BCUT2D eigenvalue weighted by Gasteiger charge is -2.24. The molecule has 0 fully saturated rings. The van der Waals surface area contributed by atoms with Gasteiger partial charge in [-0.25, -0.2) is 4.68 Å². The van der Waals surface area contributed by atoms with Gasteiger partial charge in [0.1, 0.15) is 12.4 Å². The molecule has 0 bridgehead atoms. The molecule has 4 aromatic rings. The van der Waals surface area contributed by atoms with Crippen LogP contribution in [0.5, 0.6) is 11.5 Å². The lowest BCUT2D eigenvalue weighted by Crippen LogP contribution is -2.42. The number of pyridine rings is 1. The Morgan fingerprint density at radius 3 is 2.52 bits per heavy atom. The Bertz CT molecular complexity index is 1630. The number of carbonyl (C=O) groups is 2. The van der Waals surface area contributed by atoms with Gasteiger partial charge in [0, 0.05) is 29.9 Å². The van der Waals surface area contributed by atoms with E-state index in [0.717, 1.165) is 33.6 Å². The number of aromatic nitrogens is 3. The third kappa shape index (κ3) is 5.46. The molecule has 216 valence electrons. The van der Waals surface area contributed by atoms with Crippen molar-refractivity contribution >= 4 is 29.4 Å². The number of nitrogens with zero attached hydrogens (tertiary/aromatic N) is 4. The van der Waals surface area contributed by atoms with Gasteiger partial charge in [0.2, 0.25) is 18.6 Å². The molecule has 42 heavy (non-hydrogen) atoms. The van der Waals surface area contributed by atoms with Crippen molar-refractivity contribution in [2.75, 3.05) is 24.0 Å². The Kier molecular flexibility index (Phi) is 7.40. The molecule has 0 spiro atoms. The maximum Gasteiger partial charge on any atom is 0.240 e. The smallest absolute Gasteiger partial charge is 0.240 e. The summed E-state index contributed by atoms with van der Waals surface area (Å²) in [6.45, 7) is 8.78. The molecule has 10 heteroatoms. The monoisotopic (exact) mass is 583 g/mol. The van der Waals surface area contributed by atoms with E-state index in [0.29, 0.717) is 23.9 Å². The number of carbonyl (C=O) groups excluding carboxylic acids is 2. The summed E-state index contributed by atoms with van der Waals surface area (Å²) in [5.74, 6) is 1.78. The van der Waals surface area contributed by atoms with Crippen LogP contribution in [-0.4, -0.2) is 45.7 Å². The summed E-state index contributed by atoms with van der Waals surface area (Å²) in [7, 11) is 0. The predicted molar refractivity (Wildman–Crippen MR) is 162 cm³/mol. The lowest BCUT2D eigenvalue weighted by atomic mass is 9.87. The van der Waals surface area contributed by atoms with E-state index >= 15 is 0 Å². The molecule has 0 saturated heterocycles. The second-order valence-corrected chi connectivity index (χ2v) is 12.6. The zero-order valence-corrected chi connectivity index (χ0v) is 24.9. The highest BCUT2D eigenvalue weighted by Gasteiger charge is 2.40. The molecule has 1 N–H and O–H groups in total. The van der Waals surface area contributed by atoms with Gasteiger partial charge in [-0.3, -0.25) is 19.5 Å². The number of benzene rings is 2. The third-order valence-corrected chi connectivity index (χ3v) is 8.57. The molecule has 0 saturated carbocycles. The van der Waals surface area contributed by atoms with Crippen molar-refractivity contribution in [1.29, 1.82) is 0 Å². The Hall–Kier alpha value is -4.31. The molecule has 1 atom stereocenters. The maximum atomic E-state index is 13.9. The largest absolute Gasteiger partial charge is 0.454 e. The second kappa shape index (κ2) is 11.2. The topological polar surface area (TPSA) is 98.6 Å². The van der Waals surface area contributed by atoms with Gasteiger partial charge in [-0.15, -0.1) is 11.8 Å². The van der Waals surface area contributed by atoms with Crippen molar-refractivity contribution in [3.63, 3.8) is 0 Å². The minimum absolute atomic E-state index is 0.132. The van der Waals surface area contributed by atoms with Gasteiger partial charge in [0.25, 0.3) is 0 Å². The number of thioether (sulfide) groups is 1.